The molecule has 1 rings (SSSR count). The minimum atomic E-state index is 0.302. The summed E-state index contributed by atoms with van der Waals surface area (Å²) in [6.07, 6.45) is 1.04. The van der Waals surface area contributed by atoms with Crippen molar-refractivity contribution in [1.29, 1.82) is 0 Å². The molecule has 0 aliphatic heterocycles. The number of para-hydroxylation sites is 1. The molecule has 0 saturated carbocycles. The maximum absolute atomic E-state index is 9.64. The molecule has 1 aromatic rings. The van der Waals surface area contributed by atoms with Gasteiger partial charge < -0.3 is 10.0 Å². The van der Waals surface area contributed by atoms with E-state index in [1.165, 1.54) is 0 Å². The predicted octanol–water partition coefficient (Wildman–Crippen LogP) is 2.15. The quantitative estimate of drug-likeness (QED) is 0.609. The smallest absolute Gasteiger partial charge is 0.124 e. The van der Waals surface area contributed by atoms with Gasteiger partial charge in [0.25, 0.3) is 0 Å². The first-order valence-corrected chi connectivity index (χ1v) is 5.55. The van der Waals surface area contributed by atoms with Crippen molar-refractivity contribution in [3.8, 4) is 5.75 Å². The molecular formula is C13H20N2O. The molecule has 0 fully saturated rings. The molecule has 0 radical (unpaired) electrons. The summed E-state index contributed by atoms with van der Waals surface area (Å²) < 4.78 is 0. The standard InChI is InChI=1S/C13H20N2O/c1-11(14-9-6-10-15(2)3)12-7-4-5-8-13(12)16/h4-5,7-8,16H,6,9-10H2,1-3H3. The Morgan fingerprint density at radius 1 is 1.31 bits per heavy atom. The number of phenolic OH excluding ortho intramolecular Hbond substituents is 1. The summed E-state index contributed by atoms with van der Waals surface area (Å²) >= 11 is 0. The predicted molar refractivity (Wildman–Crippen MR) is 68.4 cm³/mol. The average molecular weight is 220 g/mol. The van der Waals surface area contributed by atoms with Gasteiger partial charge in [-0.2, -0.15) is 0 Å². The fraction of sp³-hybridized carbons (Fsp3) is 0.462. The van der Waals surface area contributed by atoms with Crippen LogP contribution in [0.2, 0.25) is 0 Å². The van der Waals surface area contributed by atoms with Crippen LogP contribution < -0.4 is 0 Å². The lowest BCUT2D eigenvalue weighted by Crippen LogP contribution is -2.13. The molecule has 0 heterocycles. The van der Waals surface area contributed by atoms with Crippen molar-refractivity contribution in [2.45, 2.75) is 13.3 Å². The Morgan fingerprint density at radius 3 is 2.62 bits per heavy atom. The molecule has 0 amide bonds. The molecule has 16 heavy (non-hydrogen) atoms. The molecule has 0 spiro atoms. The second-order valence-corrected chi connectivity index (χ2v) is 4.14. The van der Waals surface area contributed by atoms with E-state index in [-0.39, 0.29) is 0 Å². The number of aromatic hydroxyl groups is 1. The van der Waals surface area contributed by atoms with Gasteiger partial charge in [-0.25, -0.2) is 0 Å². The number of aliphatic imine (C=N–C) groups is 1. The van der Waals surface area contributed by atoms with Crippen LogP contribution in [0.15, 0.2) is 29.3 Å². The fourth-order valence-corrected chi connectivity index (χ4v) is 1.50. The van der Waals surface area contributed by atoms with Crippen LogP contribution >= 0.6 is 0 Å². The Bertz CT molecular complexity index is 359. The highest BCUT2D eigenvalue weighted by atomic mass is 16.3. The van der Waals surface area contributed by atoms with E-state index < -0.39 is 0 Å². The second-order valence-electron chi connectivity index (χ2n) is 4.14. The van der Waals surface area contributed by atoms with Crippen LogP contribution in [0.5, 0.6) is 5.75 Å². The third-order valence-electron chi connectivity index (χ3n) is 2.41. The van der Waals surface area contributed by atoms with Crippen LogP contribution in [0.4, 0.5) is 0 Å². The lowest BCUT2D eigenvalue weighted by molar-refractivity contribution is 0.403. The summed E-state index contributed by atoms with van der Waals surface area (Å²) in [5, 5.41) is 9.64. The lowest BCUT2D eigenvalue weighted by Gasteiger charge is -2.08. The third-order valence-corrected chi connectivity index (χ3v) is 2.41. The monoisotopic (exact) mass is 220 g/mol. The summed E-state index contributed by atoms with van der Waals surface area (Å²) in [6.45, 7) is 3.78. The largest absolute Gasteiger partial charge is 0.507 e. The van der Waals surface area contributed by atoms with Crippen LogP contribution in [0.3, 0.4) is 0 Å². The highest BCUT2D eigenvalue weighted by molar-refractivity contribution is 6.00. The molecule has 88 valence electrons. The third kappa shape index (κ3) is 4.03. The van der Waals surface area contributed by atoms with Gasteiger partial charge in [0.2, 0.25) is 0 Å². The van der Waals surface area contributed by atoms with E-state index in [9.17, 15) is 5.11 Å². The molecule has 0 bridgehead atoms. The van der Waals surface area contributed by atoms with Gasteiger partial charge in [-0.15, -0.1) is 0 Å². The minimum absolute atomic E-state index is 0.302. The van der Waals surface area contributed by atoms with E-state index in [2.05, 4.69) is 24.0 Å². The van der Waals surface area contributed by atoms with Gasteiger partial charge in [0.05, 0.1) is 0 Å². The van der Waals surface area contributed by atoms with Gasteiger partial charge in [-0.05, 0) is 46.1 Å². The normalized spacial score (nSPS) is 12.1. The van der Waals surface area contributed by atoms with E-state index in [1.807, 2.05) is 25.1 Å². The number of hydrogen-bond acceptors (Lipinski definition) is 3. The lowest BCUT2D eigenvalue weighted by atomic mass is 10.1. The molecule has 0 unspecified atom stereocenters. The van der Waals surface area contributed by atoms with E-state index >= 15 is 0 Å². The topological polar surface area (TPSA) is 35.8 Å². The maximum atomic E-state index is 9.64. The van der Waals surface area contributed by atoms with Crippen molar-refractivity contribution in [1.82, 2.24) is 4.90 Å². The Kier molecular flexibility index (Phi) is 4.99. The summed E-state index contributed by atoms with van der Waals surface area (Å²) in [5.41, 5.74) is 1.73. The van der Waals surface area contributed by atoms with Crippen LogP contribution in [0.25, 0.3) is 0 Å². The number of benzene rings is 1. The van der Waals surface area contributed by atoms with E-state index in [1.54, 1.807) is 6.07 Å². The van der Waals surface area contributed by atoms with E-state index in [0.717, 1.165) is 30.8 Å². The van der Waals surface area contributed by atoms with Crippen molar-refractivity contribution in [3.63, 3.8) is 0 Å². The first-order valence-electron chi connectivity index (χ1n) is 5.55. The second kappa shape index (κ2) is 6.28. The summed E-state index contributed by atoms with van der Waals surface area (Å²) in [6, 6.07) is 7.31. The Hall–Kier alpha value is -1.35. The summed E-state index contributed by atoms with van der Waals surface area (Å²) in [7, 11) is 4.11. The molecule has 1 aromatic carbocycles. The summed E-state index contributed by atoms with van der Waals surface area (Å²) in [4.78, 5) is 6.60. The fourth-order valence-electron chi connectivity index (χ4n) is 1.50. The van der Waals surface area contributed by atoms with E-state index in [4.69, 9.17) is 0 Å². The van der Waals surface area contributed by atoms with Crippen molar-refractivity contribution >= 4 is 5.71 Å². The van der Waals surface area contributed by atoms with Gasteiger partial charge in [-0.1, -0.05) is 12.1 Å². The highest BCUT2D eigenvalue weighted by Gasteiger charge is 2.02. The highest BCUT2D eigenvalue weighted by Crippen LogP contribution is 2.16. The molecule has 0 aromatic heterocycles. The van der Waals surface area contributed by atoms with Gasteiger partial charge >= 0.3 is 0 Å². The Balaban J connectivity index is 2.54. The van der Waals surface area contributed by atoms with Crippen LogP contribution in [0.1, 0.15) is 18.9 Å². The van der Waals surface area contributed by atoms with Gasteiger partial charge in [0.1, 0.15) is 5.75 Å². The van der Waals surface area contributed by atoms with Crippen molar-refractivity contribution in [3.05, 3.63) is 29.8 Å². The molecule has 0 aliphatic carbocycles. The molecule has 0 atom stereocenters. The summed E-state index contributed by atoms with van der Waals surface area (Å²) in [5.74, 6) is 0.302. The zero-order valence-electron chi connectivity index (χ0n) is 10.3. The molecule has 3 nitrogen and oxygen atoms in total. The molecule has 0 saturated heterocycles. The van der Waals surface area contributed by atoms with Crippen LogP contribution in [0, 0.1) is 0 Å². The maximum Gasteiger partial charge on any atom is 0.124 e. The number of hydrogen-bond donors (Lipinski definition) is 1. The van der Waals surface area contributed by atoms with E-state index in [0.29, 0.717) is 5.75 Å². The first-order chi connectivity index (χ1) is 7.61. The average Bonchev–Trinajstić information content (AvgIpc) is 2.24. The Labute approximate surface area is 97.4 Å². The van der Waals surface area contributed by atoms with Crippen LogP contribution in [-0.2, 0) is 0 Å². The van der Waals surface area contributed by atoms with Gasteiger partial charge in [0, 0.05) is 17.8 Å². The number of rotatable bonds is 5. The van der Waals surface area contributed by atoms with Gasteiger partial charge in [0.15, 0.2) is 0 Å². The molecule has 1 N–H and O–H groups in total. The zero-order valence-corrected chi connectivity index (χ0v) is 10.3. The molecule has 3 heteroatoms. The van der Waals surface area contributed by atoms with Crippen molar-refractivity contribution < 1.29 is 5.11 Å². The minimum Gasteiger partial charge on any atom is -0.507 e. The number of nitrogens with zero attached hydrogens (tertiary/aromatic N) is 2. The number of phenols is 1. The van der Waals surface area contributed by atoms with Crippen molar-refractivity contribution in [2.24, 2.45) is 4.99 Å². The van der Waals surface area contributed by atoms with Crippen molar-refractivity contribution in [2.75, 3.05) is 27.2 Å². The molecule has 0 aliphatic rings. The zero-order chi connectivity index (χ0) is 12.0. The first kappa shape index (κ1) is 12.7. The Morgan fingerprint density at radius 2 is 2.00 bits per heavy atom. The SMILES string of the molecule is CC(=NCCCN(C)C)c1ccccc1O. The molecular weight excluding hydrogens is 200 g/mol. The van der Waals surface area contributed by atoms with Crippen LogP contribution in [-0.4, -0.2) is 42.9 Å². The van der Waals surface area contributed by atoms with Gasteiger partial charge in [-0.3, -0.25) is 4.99 Å².